The minimum atomic E-state index is -2.96. The maximum absolute atomic E-state index is 12.5. The molecule has 18 heteroatoms. The lowest BCUT2D eigenvalue weighted by Crippen LogP contribution is -2.54. The van der Waals surface area contributed by atoms with Gasteiger partial charge < -0.3 is 57.7 Å². The van der Waals surface area contributed by atoms with Gasteiger partial charge in [-0.15, -0.1) is 0 Å². The molecule has 3 atom stereocenters. The number of hydrogen-bond donors (Lipinski definition) is 10. The highest BCUT2D eigenvalue weighted by Crippen LogP contribution is 2.28. The molecular weight excluding hydrogens is 576 g/mol. The Kier molecular flexibility index (Phi) is 11.8. The number of piperazine rings is 1. The van der Waals surface area contributed by atoms with Crippen LogP contribution in [0.15, 0.2) is 28.9 Å². The molecule has 2 rings (SSSR count). The highest BCUT2D eigenvalue weighted by Gasteiger charge is 2.41. The van der Waals surface area contributed by atoms with E-state index in [1.54, 1.807) is 0 Å². The van der Waals surface area contributed by atoms with Gasteiger partial charge in [0.1, 0.15) is 17.8 Å². The van der Waals surface area contributed by atoms with E-state index in [2.05, 4.69) is 15.6 Å². The quantitative estimate of drug-likeness (QED) is 0.0399. The molecule has 1 aromatic carbocycles. The molecule has 1 aliphatic heterocycles. The number of aromatic hydroxyl groups is 1. The topological polar surface area (TPSA) is 313 Å². The molecule has 1 fully saturated rings. The molecule has 0 radical (unpaired) electrons. The van der Waals surface area contributed by atoms with Gasteiger partial charge in [-0.2, -0.15) is 0 Å². The number of nitrogens with one attached hydrogen (secondary N) is 3. The third-order valence-corrected chi connectivity index (χ3v) is 5.96. The van der Waals surface area contributed by atoms with Gasteiger partial charge in [-0.05, 0) is 36.6 Å². The Hall–Kier alpha value is -5.39. The average molecular weight is 609 g/mol. The Morgan fingerprint density at radius 2 is 1.84 bits per heavy atom. The van der Waals surface area contributed by atoms with E-state index in [4.69, 9.17) is 26.4 Å². The van der Waals surface area contributed by atoms with Crippen molar-refractivity contribution >= 4 is 47.7 Å². The zero-order chi connectivity index (χ0) is 32.3. The van der Waals surface area contributed by atoms with Crippen LogP contribution in [0.3, 0.4) is 0 Å². The first kappa shape index (κ1) is 33.8. The highest BCUT2D eigenvalue weighted by atomic mass is 16.5. The number of carboxylic acid groups (broad SMARTS) is 3. The molecule has 0 aromatic heterocycles. The van der Waals surface area contributed by atoms with E-state index in [9.17, 15) is 44.1 Å². The standard InChI is InChI=1S/C25H32N6O12/c26-24(27)28-6-1-2-13-20(36)31-15(21(37)30-13)8-12-3-4-16(32)17(9-12)43-7-5-14(22(38)39)29-18(33)10-25(42,23(40)41)11-19(34)35/h3-4,8-9,13-14,32,42H,1-2,5-7,10-11H2,(H,29,33)(H,30,37)(H,31,36)(H,34,35)(H,38,39)(H,40,41)(H4,26,27,28)/b15-8-. The highest BCUT2D eigenvalue weighted by molar-refractivity contribution is 6.07. The molecule has 234 valence electrons. The van der Waals surface area contributed by atoms with Crippen LogP contribution in [0.2, 0.25) is 0 Å². The monoisotopic (exact) mass is 608 g/mol. The number of benzene rings is 1. The van der Waals surface area contributed by atoms with Gasteiger partial charge >= 0.3 is 17.9 Å². The van der Waals surface area contributed by atoms with Gasteiger partial charge in [0.25, 0.3) is 5.91 Å². The van der Waals surface area contributed by atoms with E-state index >= 15 is 0 Å². The number of phenols is 1. The summed E-state index contributed by atoms with van der Waals surface area (Å²) in [6, 6.07) is 1.52. The molecule has 3 unspecified atom stereocenters. The van der Waals surface area contributed by atoms with Gasteiger partial charge in [0.05, 0.1) is 19.4 Å². The minimum Gasteiger partial charge on any atom is -0.504 e. The Bertz CT molecular complexity index is 1330. The Morgan fingerprint density at radius 3 is 2.44 bits per heavy atom. The largest absolute Gasteiger partial charge is 0.504 e. The van der Waals surface area contributed by atoms with Crippen LogP contribution < -0.4 is 32.2 Å². The molecule has 0 bridgehead atoms. The first-order valence-electron chi connectivity index (χ1n) is 12.7. The van der Waals surface area contributed by atoms with Crippen molar-refractivity contribution in [2.45, 2.75) is 49.8 Å². The number of carboxylic acids is 3. The van der Waals surface area contributed by atoms with Crippen molar-refractivity contribution in [2.75, 3.05) is 13.2 Å². The lowest BCUT2D eigenvalue weighted by atomic mass is 9.95. The first-order chi connectivity index (χ1) is 20.1. The van der Waals surface area contributed by atoms with Crippen molar-refractivity contribution in [3.8, 4) is 11.5 Å². The zero-order valence-corrected chi connectivity index (χ0v) is 22.6. The van der Waals surface area contributed by atoms with E-state index in [1.165, 1.54) is 24.3 Å². The molecule has 0 saturated carbocycles. The summed E-state index contributed by atoms with van der Waals surface area (Å²) in [4.78, 5) is 74.6. The van der Waals surface area contributed by atoms with Crippen molar-refractivity contribution in [2.24, 2.45) is 16.5 Å². The van der Waals surface area contributed by atoms with E-state index in [0.717, 1.165) is 0 Å². The summed E-state index contributed by atoms with van der Waals surface area (Å²) in [5, 5.41) is 54.5. The van der Waals surface area contributed by atoms with Gasteiger partial charge in [0.2, 0.25) is 11.8 Å². The fourth-order valence-corrected chi connectivity index (χ4v) is 3.81. The Morgan fingerprint density at radius 1 is 1.14 bits per heavy atom. The Balaban J connectivity index is 2.01. The summed E-state index contributed by atoms with van der Waals surface area (Å²) in [7, 11) is 0. The first-order valence-corrected chi connectivity index (χ1v) is 12.7. The molecule has 0 aliphatic carbocycles. The Labute approximate surface area is 243 Å². The summed E-state index contributed by atoms with van der Waals surface area (Å²) < 4.78 is 5.43. The van der Waals surface area contributed by atoms with Crippen molar-refractivity contribution in [3.63, 3.8) is 0 Å². The van der Waals surface area contributed by atoms with Crippen molar-refractivity contribution in [3.05, 3.63) is 29.5 Å². The average Bonchev–Trinajstić information content (AvgIpc) is 2.89. The molecule has 12 N–H and O–H groups in total. The number of nitrogens with zero attached hydrogens (tertiary/aromatic N) is 1. The van der Waals surface area contributed by atoms with Crippen molar-refractivity contribution in [1.82, 2.24) is 16.0 Å². The number of aliphatic hydroxyl groups is 1. The van der Waals surface area contributed by atoms with Gasteiger partial charge in [0.15, 0.2) is 23.1 Å². The number of rotatable bonds is 16. The smallest absolute Gasteiger partial charge is 0.336 e. The summed E-state index contributed by atoms with van der Waals surface area (Å²) in [6.45, 7) is -0.108. The second-order valence-corrected chi connectivity index (χ2v) is 9.43. The maximum atomic E-state index is 12.5. The number of carbonyl (C=O) groups is 6. The third-order valence-electron chi connectivity index (χ3n) is 5.96. The lowest BCUT2D eigenvalue weighted by Gasteiger charge is -2.25. The number of ether oxygens (including phenoxy) is 1. The molecule has 1 saturated heterocycles. The van der Waals surface area contributed by atoms with Gasteiger partial charge in [-0.3, -0.25) is 24.2 Å². The summed E-state index contributed by atoms with van der Waals surface area (Å²) in [5.74, 6) is -8.04. The number of nitrogens with two attached hydrogens (primary N) is 2. The van der Waals surface area contributed by atoms with Crippen LogP contribution in [0.5, 0.6) is 11.5 Å². The zero-order valence-electron chi connectivity index (χ0n) is 22.6. The number of aliphatic imine (C=N–C) groups is 1. The fourth-order valence-electron chi connectivity index (χ4n) is 3.81. The summed E-state index contributed by atoms with van der Waals surface area (Å²) in [6.07, 6.45) is -0.862. The van der Waals surface area contributed by atoms with Crippen LogP contribution in [0.4, 0.5) is 0 Å². The normalized spacial score (nSPS) is 17.5. The number of amides is 3. The van der Waals surface area contributed by atoms with Crippen LogP contribution in [-0.4, -0.2) is 98.0 Å². The minimum absolute atomic E-state index is 0.0833. The van der Waals surface area contributed by atoms with Gasteiger partial charge in [0, 0.05) is 13.0 Å². The molecule has 1 aliphatic rings. The molecule has 43 heavy (non-hydrogen) atoms. The molecule has 18 nitrogen and oxygen atoms in total. The van der Waals surface area contributed by atoms with Crippen molar-refractivity contribution in [1.29, 1.82) is 0 Å². The molecule has 0 spiro atoms. The maximum Gasteiger partial charge on any atom is 0.336 e. The SMILES string of the molecule is NC(N)=NCCCC1NC(=O)/C(=C/c2ccc(O)c(OCCC(NC(=O)CC(O)(CC(=O)O)C(=O)O)C(=O)O)c2)NC1=O. The van der Waals surface area contributed by atoms with Gasteiger partial charge in [-0.25, -0.2) is 9.59 Å². The summed E-state index contributed by atoms with van der Waals surface area (Å²) >= 11 is 0. The van der Waals surface area contributed by atoms with Gasteiger partial charge in [-0.1, -0.05) is 6.07 Å². The van der Waals surface area contributed by atoms with Crippen LogP contribution >= 0.6 is 0 Å². The van der Waals surface area contributed by atoms with Crippen LogP contribution in [0.25, 0.3) is 6.08 Å². The van der Waals surface area contributed by atoms with Crippen LogP contribution in [-0.2, 0) is 28.8 Å². The summed E-state index contributed by atoms with van der Waals surface area (Å²) in [5.41, 5.74) is 7.78. The second-order valence-electron chi connectivity index (χ2n) is 9.43. The van der Waals surface area contributed by atoms with Crippen LogP contribution in [0.1, 0.15) is 37.7 Å². The molecule has 1 aromatic rings. The second kappa shape index (κ2) is 15.0. The number of guanidine groups is 1. The lowest BCUT2D eigenvalue weighted by molar-refractivity contribution is -0.167. The number of aliphatic carboxylic acids is 3. The van der Waals surface area contributed by atoms with E-state index in [-0.39, 0.29) is 42.7 Å². The third kappa shape index (κ3) is 10.5. The molecule has 1 heterocycles. The van der Waals surface area contributed by atoms with E-state index < -0.39 is 66.2 Å². The predicted molar refractivity (Wildman–Crippen MR) is 145 cm³/mol. The van der Waals surface area contributed by atoms with Crippen molar-refractivity contribution < 1.29 is 59.0 Å². The van der Waals surface area contributed by atoms with Crippen LogP contribution in [0, 0.1) is 0 Å². The van der Waals surface area contributed by atoms with E-state index in [0.29, 0.717) is 18.4 Å². The predicted octanol–water partition coefficient (Wildman–Crippen LogP) is -2.58. The molecular formula is C25H32N6O12. The van der Waals surface area contributed by atoms with E-state index in [1.807, 2.05) is 5.32 Å². The molecule has 3 amide bonds. The number of hydrogen-bond acceptors (Lipinski definition) is 10. The fraction of sp³-hybridized carbons (Fsp3) is 0.400. The number of carbonyl (C=O) groups excluding carboxylic acids is 3. The number of phenolic OH excluding ortho intramolecular Hbond substituents is 1.